The largest absolute Gasteiger partial charge is 0.472 e. The van der Waals surface area contributed by atoms with Gasteiger partial charge in [0.15, 0.2) is 5.78 Å². The number of carbonyl (C=O) groups excluding carboxylic acids is 4. The summed E-state index contributed by atoms with van der Waals surface area (Å²) < 4.78 is 24.0. The van der Waals surface area contributed by atoms with Crippen molar-refractivity contribution in [1.82, 2.24) is 0 Å². The highest BCUT2D eigenvalue weighted by Crippen LogP contribution is 2.75. The summed E-state index contributed by atoms with van der Waals surface area (Å²) in [4.78, 5) is 54.0. The minimum atomic E-state index is -1.31. The number of hydrogen-bond acceptors (Lipinski definition) is 9. The Hall–Kier alpha value is -2.78. The molecule has 2 unspecified atom stereocenters. The lowest BCUT2D eigenvalue weighted by Gasteiger charge is -2.64. The normalized spacial score (nSPS) is 45.6. The van der Waals surface area contributed by atoms with E-state index < -0.39 is 70.0 Å². The molecule has 9 nitrogen and oxygen atoms in total. The molecule has 210 valence electrons. The second-order valence-corrected chi connectivity index (χ2v) is 13.0. The Morgan fingerprint density at radius 3 is 2.38 bits per heavy atom. The second-order valence-electron chi connectivity index (χ2n) is 13.0. The second kappa shape index (κ2) is 8.13. The molecule has 6 rings (SSSR count). The molecule has 39 heavy (non-hydrogen) atoms. The summed E-state index contributed by atoms with van der Waals surface area (Å²) in [6, 6.07) is 1.85. The molecule has 1 saturated heterocycles. The molecule has 0 aromatic carbocycles. The zero-order valence-corrected chi connectivity index (χ0v) is 23.2. The van der Waals surface area contributed by atoms with Crippen molar-refractivity contribution < 1.29 is 42.9 Å². The monoisotopic (exact) mass is 540 g/mol. The maximum absolute atomic E-state index is 14.5. The highest BCUT2D eigenvalue weighted by molar-refractivity contribution is 5.99. The van der Waals surface area contributed by atoms with Gasteiger partial charge in [0.05, 0.1) is 35.1 Å². The van der Waals surface area contributed by atoms with Crippen LogP contribution in [-0.2, 0) is 33.4 Å². The number of ketones is 2. The van der Waals surface area contributed by atoms with Gasteiger partial charge < -0.3 is 23.7 Å². The van der Waals surface area contributed by atoms with Crippen LogP contribution in [0.2, 0.25) is 0 Å². The number of carbonyl (C=O) groups is 4. The number of Topliss-reactive ketones (excluding diaryl/α,β-unsaturated/α-hetero) is 2. The number of fused-ring (bicyclic) bond motifs is 3. The van der Waals surface area contributed by atoms with Crippen LogP contribution >= 0.6 is 0 Å². The van der Waals surface area contributed by atoms with Gasteiger partial charge in [-0.3, -0.25) is 19.2 Å². The average molecular weight is 541 g/mol. The van der Waals surface area contributed by atoms with Gasteiger partial charge >= 0.3 is 11.9 Å². The summed E-state index contributed by atoms with van der Waals surface area (Å²) in [7, 11) is 0. The van der Waals surface area contributed by atoms with Crippen LogP contribution in [0.25, 0.3) is 0 Å². The first-order valence-corrected chi connectivity index (χ1v) is 13.7. The molecule has 1 N–H and O–H groups in total. The molecule has 0 amide bonds. The molecular formula is C30H36O9. The van der Waals surface area contributed by atoms with Gasteiger partial charge in [-0.25, -0.2) is 0 Å². The van der Waals surface area contributed by atoms with E-state index in [0.29, 0.717) is 6.42 Å². The Balaban J connectivity index is 1.65. The van der Waals surface area contributed by atoms with Gasteiger partial charge in [-0.2, -0.15) is 0 Å². The molecule has 1 aromatic heterocycles. The number of rotatable bonds is 3. The van der Waals surface area contributed by atoms with Crippen LogP contribution in [-0.4, -0.2) is 58.6 Å². The average Bonchev–Trinajstić information content (AvgIpc) is 3.57. The molecule has 2 heterocycles. The minimum Gasteiger partial charge on any atom is -0.472 e. The van der Waals surface area contributed by atoms with Crippen LogP contribution in [0.3, 0.4) is 0 Å². The highest BCUT2D eigenvalue weighted by atomic mass is 16.6. The summed E-state index contributed by atoms with van der Waals surface area (Å²) in [5, 5.41) is 10.9. The van der Waals surface area contributed by atoms with Crippen LogP contribution in [0.15, 0.2) is 34.7 Å². The van der Waals surface area contributed by atoms with E-state index in [0.717, 1.165) is 11.1 Å². The zero-order valence-electron chi connectivity index (χ0n) is 23.2. The number of hydrogen-bond donors (Lipinski definition) is 1. The summed E-state index contributed by atoms with van der Waals surface area (Å²) in [6.45, 7) is 10.1. The van der Waals surface area contributed by atoms with E-state index in [-0.39, 0.29) is 30.3 Å². The Kier molecular flexibility index (Phi) is 5.51. The van der Waals surface area contributed by atoms with E-state index in [2.05, 4.69) is 0 Å². The molecule has 1 aliphatic heterocycles. The fourth-order valence-corrected chi connectivity index (χ4v) is 9.64. The van der Waals surface area contributed by atoms with E-state index in [1.807, 2.05) is 39.8 Å². The summed E-state index contributed by atoms with van der Waals surface area (Å²) in [6.07, 6.45) is 1.91. The van der Waals surface area contributed by atoms with Crippen molar-refractivity contribution in [2.75, 3.05) is 0 Å². The van der Waals surface area contributed by atoms with Crippen molar-refractivity contribution in [2.24, 2.45) is 28.1 Å². The van der Waals surface area contributed by atoms with E-state index in [1.165, 1.54) is 13.8 Å². The molecular weight excluding hydrogens is 504 g/mol. The Morgan fingerprint density at radius 2 is 1.77 bits per heavy atom. The molecule has 4 aliphatic carbocycles. The number of furan rings is 1. The number of ether oxygens (including phenoxy) is 3. The van der Waals surface area contributed by atoms with Gasteiger partial charge in [-0.05, 0) is 38.8 Å². The fraction of sp³-hybridized carbons (Fsp3) is 0.667. The predicted octanol–water partition coefficient (Wildman–Crippen LogP) is 3.29. The van der Waals surface area contributed by atoms with Crippen molar-refractivity contribution in [1.29, 1.82) is 0 Å². The quantitative estimate of drug-likeness (QED) is 0.453. The van der Waals surface area contributed by atoms with Crippen molar-refractivity contribution in [3.05, 3.63) is 35.8 Å². The van der Waals surface area contributed by atoms with Gasteiger partial charge in [-0.15, -0.1) is 0 Å². The Bertz CT molecular complexity index is 1290. The van der Waals surface area contributed by atoms with Crippen molar-refractivity contribution in [2.45, 2.75) is 96.7 Å². The summed E-state index contributed by atoms with van der Waals surface area (Å²) in [5.74, 6) is -3.31. The van der Waals surface area contributed by atoms with E-state index >= 15 is 0 Å². The lowest BCUT2D eigenvalue weighted by atomic mass is 9.39. The number of allylic oxidation sites excluding steroid dienone is 1. The van der Waals surface area contributed by atoms with Crippen LogP contribution in [0, 0.1) is 28.1 Å². The van der Waals surface area contributed by atoms with E-state index in [4.69, 9.17) is 18.6 Å². The molecule has 10 atom stereocenters. The predicted molar refractivity (Wildman–Crippen MR) is 135 cm³/mol. The molecule has 4 fully saturated rings. The zero-order chi connectivity index (χ0) is 28.3. The highest BCUT2D eigenvalue weighted by Gasteiger charge is 2.82. The smallest absolute Gasteiger partial charge is 0.303 e. The van der Waals surface area contributed by atoms with E-state index in [1.54, 1.807) is 12.5 Å². The molecule has 1 spiro atoms. The number of aliphatic hydroxyl groups is 1. The maximum atomic E-state index is 14.5. The van der Waals surface area contributed by atoms with Gasteiger partial charge in [0.2, 0.25) is 0 Å². The standard InChI is InChI=1S/C30H36O9/c1-14(31)37-23-24-29(6,21(34)12-20-27(3,4)39-22-11-18(33)25(35)30(20,22)24)19-8-7-17(16-9-10-36-13-16)28(19,5)26(23)38-15(2)32/h8-10,13,17-18,20,22-24,26,33H,7,11-12H2,1-6H3/t17-,18?,20-,22-,23+,24?,26-,28-,29+,30-/m0/s1. The SMILES string of the molecule is CC(=O)O[C@@H]1C2[C@@](C)(C(=O)C[C@H]3C(C)(C)O[C@H]4CC(O)C(=O)[C@]243)C2=CC[C@@H](c3ccoc3)[C@]2(C)[C@H]1OC(C)=O. The summed E-state index contributed by atoms with van der Waals surface area (Å²) in [5.41, 5.74) is -2.66. The van der Waals surface area contributed by atoms with Crippen molar-refractivity contribution >= 4 is 23.5 Å². The molecule has 1 aromatic rings. The van der Waals surface area contributed by atoms with Crippen molar-refractivity contribution in [3.8, 4) is 0 Å². The number of esters is 2. The minimum absolute atomic E-state index is 0.0709. The van der Waals surface area contributed by atoms with Gasteiger partial charge in [0.1, 0.15) is 24.1 Å². The first-order valence-electron chi connectivity index (χ1n) is 13.7. The van der Waals surface area contributed by atoms with E-state index in [9.17, 15) is 24.3 Å². The van der Waals surface area contributed by atoms with Crippen molar-refractivity contribution in [3.63, 3.8) is 0 Å². The molecule has 0 radical (unpaired) electrons. The topological polar surface area (TPSA) is 129 Å². The lowest BCUT2D eigenvalue weighted by Crippen LogP contribution is -2.72. The Morgan fingerprint density at radius 1 is 1.08 bits per heavy atom. The molecule has 3 saturated carbocycles. The van der Waals surface area contributed by atoms with Crippen LogP contribution < -0.4 is 0 Å². The molecule has 5 aliphatic rings. The van der Waals surface area contributed by atoms with Crippen LogP contribution in [0.4, 0.5) is 0 Å². The van der Waals surface area contributed by atoms with Crippen LogP contribution in [0.1, 0.15) is 72.3 Å². The third-order valence-electron chi connectivity index (χ3n) is 10.8. The lowest BCUT2D eigenvalue weighted by molar-refractivity contribution is -0.220. The summed E-state index contributed by atoms with van der Waals surface area (Å²) >= 11 is 0. The van der Waals surface area contributed by atoms with Gasteiger partial charge in [0, 0.05) is 49.9 Å². The third kappa shape index (κ3) is 3.09. The van der Waals surface area contributed by atoms with Gasteiger partial charge in [-0.1, -0.05) is 18.6 Å². The van der Waals surface area contributed by atoms with Gasteiger partial charge in [0.25, 0.3) is 0 Å². The first kappa shape index (κ1) is 26.4. The number of aliphatic hydroxyl groups excluding tert-OH is 1. The maximum Gasteiger partial charge on any atom is 0.303 e. The Labute approximate surface area is 227 Å². The molecule has 9 heteroatoms. The molecule has 0 bridgehead atoms. The fourth-order valence-electron chi connectivity index (χ4n) is 9.64. The first-order chi connectivity index (χ1) is 18.2. The van der Waals surface area contributed by atoms with Crippen LogP contribution in [0.5, 0.6) is 0 Å². The third-order valence-corrected chi connectivity index (χ3v) is 10.8.